The molecule has 1 fully saturated rings. The Morgan fingerprint density at radius 1 is 1.20 bits per heavy atom. The molecule has 1 aromatic rings. The fourth-order valence-electron chi connectivity index (χ4n) is 3.85. The van der Waals surface area contributed by atoms with Gasteiger partial charge in [0.05, 0.1) is 30.4 Å². The summed E-state index contributed by atoms with van der Waals surface area (Å²) in [6.45, 7) is -0.164. The van der Waals surface area contributed by atoms with Crippen molar-refractivity contribution < 1.29 is 71.1 Å². The molecule has 11 N–H and O–H groups in total. The predicted molar refractivity (Wildman–Crippen MR) is 147 cm³/mol. The van der Waals surface area contributed by atoms with Gasteiger partial charge in [-0.25, -0.2) is 18.3 Å². The van der Waals surface area contributed by atoms with Crippen LogP contribution in [0.3, 0.4) is 0 Å². The average Bonchev–Trinajstić information content (AvgIpc) is 3.47. The van der Waals surface area contributed by atoms with E-state index in [1.54, 1.807) is 0 Å². The average molecular weight is 693 g/mol. The van der Waals surface area contributed by atoms with Crippen LogP contribution in [-0.2, 0) is 36.4 Å². The summed E-state index contributed by atoms with van der Waals surface area (Å²) in [5.74, 6) is 3.92. The van der Waals surface area contributed by atoms with Crippen LogP contribution in [0.5, 0.6) is 0 Å². The van der Waals surface area contributed by atoms with Crippen molar-refractivity contribution in [3.8, 4) is 11.8 Å². The number of phosphoric ester groups is 1. The Balaban J connectivity index is 2.19. The van der Waals surface area contributed by atoms with Gasteiger partial charge in [0, 0.05) is 19.3 Å². The van der Waals surface area contributed by atoms with Crippen LogP contribution < -0.4 is 16.8 Å². The molecule has 0 spiro atoms. The Hall–Kier alpha value is -2.08. The van der Waals surface area contributed by atoms with Crippen molar-refractivity contribution in [1.82, 2.24) is 9.88 Å². The number of hydrogen-bond donors (Lipinski definition) is 9. The number of hydrogen-bond acceptors (Lipinski definition) is 14. The minimum absolute atomic E-state index is 0.0377. The summed E-state index contributed by atoms with van der Waals surface area (Å²) in [4.78, 5) is 60.0. The Morgan fingerprint density at radius 3 is 2.45 bits per heavy atom. The topological polar surface area (TPSA) is 339 Å². The lowest BCUT2D eigenvalue weighted by Gasteiger charge is -2.23. The van der Waals surface area contributed by atoms with Crippen molar-refractivity contribution in [1.29, 1.82) is 0 Å². The second-order valence-electron chi connectivity index (χ2n) is 9.29. The number of aliphatic hydroxyl groups excluding tert-OH is 2. The Morgan fingerprint density at radius 2 is 1.89 bits per heavy atom. The van der Waals surface area contributed by atoms with Gasteiger partial charge in [0.25, 0.3) is 0 Å². The second kappa shape index (κ2) is 16.5. The van der Waals surface area contributed by atoms with Crippen LogP contribution in [0.15, 0.2) is 12.3 Å². The van der Waals surface area contributed by atoms with Gasteiger partial charge in [-0.15, -0.1) is 0 Å². The van der Waals surface area contributed by atoms with E-state index in [4.69, 9.17) is 30.5 Å². The minimum Gasteiger partial charge on any atom is -0.394 e. The highest BCUT2D eigenvalue weighted by molar-refractivity contribution is 7.66. The van der Waals surface area contributed by atoms with Crippen molar-refractivity contribution >= 4 is 35.2 Å². The van der Waals surface area contributed by atoms with E-state index >= 15 is 0 Å². The van der Waals surface area contributed by atoms with Gasteiger partial charge in [-0.1, -0.05) is 18.3 Å². The van der Waals surface area contributed by atoms with Gasteiger partial charge in [0.15, 0.2) is 0 Å². The summed E-state index contributed by atoms with van der Waals surface area (Å²) < 4.78 is 53.6. The summed E-state index contributed by atoms with van der Waals surface area (Å²) >= 11 is 0. The first-order chi connectivity index (χ1) is 20.4. The highest BCUT2D eigenvalue weighted by Gasteiger charge is 2.42. The molecule has 0 bridgehead atoms. The molecule has 1 aromatic heterocycles. The summed E-state index contributed by atoms with van der Waals surface area (Å²) in [7, 11) is -17.1. The standard InChI is InChI=1S/C20H34N5O16P3/c21-8-4-3-6-14(22)20(28)23-17(39-43(34,35)41-44(36,37)40-42(31,32)33)7-2-1-5-13-9-18(25(29)30)24(11-13)19-10-15(27)16(12-26)38-19/h9,11,14-17,19,26-27H,2-4,6-8,10,12,21-22H2,(H,23,28)(H,34,35)(H,36,37)(H2,31,32,33)/t14-,15-,16+,17?,19+/m0/s1. The van der Waals surface area contributed by atoms with Crippen LogP contribution >= 0.6 is 23.5 Å². The first kappa shape index (κ1) is 38.1. The molecule has 0 radical (unpaired) electrons. The molecule has 2 rings (SSSR count). The smallest absolute Gasteiger partial charge is 0.394 e. The van der Waals surface area contributed by atoms with E-state index in [1.807, 2.05) is 0 Å². The van der Waals surface area contributed by atoms with Gasteiger partial charge in [-0.05, 0) is 24.3 Å². The zero-order chi connectivity index (χ0) is 33.3. The van der Waals surface area contributed by atoms with Crippen LogP contribution in [0.2, 0.25) is 0 Å². The van der Waals surface area contributed by atoms with E-state index in [9.17, 15) is 48.6 Å². The fourth-order valence-corrected chi connectivity index (χ4v) is 6.99. The Kier molecular flexibility index (Phi) is 14.3. The van der Waals surface area contributed by atoms with Crippen LogP contribution in [0.4, 0.5) is 5.82 Å². The molecule has 3 unspecified atom stereocenters. The molecule has 250 valence electrons. The van der Waals surface area contributed by atoms with Crippen LogP contribution in [0.1, 0.15) is 50.3 Å². The largest absolute Gasteiger partial charge is 0.490 e. The number of ether oxygens (including phenoxy) is 1. The third kappa shape index (κ3) is 12.7. The highest BCUT2D eigenvalue weighted by Crippen LogP contribution is 2.66. The predicted octanol–water partition coefficient (Wildman–Crippen LogP) is -0.589. The molecule has 1 saturated heterocycles. The molecule has 1 aliphatic rings. The van der Waals surface area contributed by atoms with Gasteiger partial charge in [-0.2, -0.15) is 8.62 Å². The quantitative estimate of drug-likeness (QED) is 0.0246. The van der Waals surface area contributed by atoms with E-state index in [1.165, 1.54) is 6.20 Å². The van der Waals surface area contributed by atoms with Crippen LogP contribution in [-0.4, -0.2) is 82.8 Å². The lowest BCUT2D eigenvalue weighted by atomic mass is 10.1. The number of aliphatic hydroxyl groups is 2. The molecule has 1 amide bonds. The number of nitrogens with one attached hydrogen (secondary N) is 1. The van der Waals surface area contributed by atoms with E-state index in [2.05, 4.69) is 25.8 Å². The number of nitrogens with zero attached hydrogens (tertiary/aromatic N) is 2. The maximum atomic E-state index is 12.5. The summed E-state index contributed by atoms with van der Waals surface area (Å²) in [5.41, 5.74) is 11.3. The number of nitrogens with two attached hydrogens (primary N) is 2. The highest BCUT2D eigenvalue weighted by atomic mass is 31.3. The third-order valence-electron chi connectivity index (χ3n) is 5.76. The SMILES string of the molecule is NCCCC[C@H](N)C(=O)NC(CCC#Cc1cc([N+](=O)[O-])n([C@H]2C[C@H](O)[C@@H](CO)O2)c1)OP(=O)(O)OP(=O)(O)OP(=O)(O)O. The fraction of sp³-hybridized carbons (Fsp3) is 0.650. The molecule has 24 heteroatoms. The van der Waals surface area contributed by atoms with Crippen LogP contribution in [0.25, 0.3) is 0 Å². The number of nitro groups is 1. The van der Waals surface area contributed by atoms with E-state index in [0.29, 0.717) is 19.4 Å². The number of amides is 1. The Labute approximate surface area is 250 Å². The molecule has 1 aliphatic heterocycles. The first-order valence-electron chi connectivity index (χ1n) is 12.7. The van der Waals surface area contributed by atoms with Gasteiger partial charge in [-0.3, -0.25) is 9.32 Å². The van der Waals surface area contributed by atoms with Gasteiger partial charge < -0.3 is 61.4 Å². The van der Waals surface area contributed by atoms with Crippen LogP contribution in [0, 0.1) is 22.0 Å². The molecule has 0 aromatic carbocycles. The van der Waals surface area contributed by atoms with Crippen molar-refractivity contribution in [3.63, 3.8) is 0 Å². The summed E-state index contributed by atoms with van der Waals surface area (Å²) in [6, 6.07) is -0.0116. The zero-order valence-electron chi connectivity index (χ0n) is 22.9. The number of aromatic nitrogens is 1. The molecular formula is C20H34N5O16P3. The number of carbonyl (C=O) groups excluding carboxylic acids is 1. The maximum absolute atomic E-state index is 12.5. The van der Waals surface area contributed by atoms with Gasteiger partial charge >= 0.3 is 29.3 Å². The van der Waals surface area contributed by atoms with Gasteiger partial charge in [0.1, 0.15) is 18.5 Å². The zero-order valence-corrected chi connectivity index (χ0v) is 25.5. The number of unbranched alkanes of at least 4 members (excludes halogenated alkanes) is 1. The lowest BCUT2D eigenvalue weighted by Crippen LogP contribution is -2.46. The second-order valence-corrected chi connectivity index (χ2v) is 13.7. The summed E-state index contributed by atoms with van der Waals surface area (Å²) in [6.07, 6.45) is -2.92. The third-order valence-corrected chi connectivity index (χ3v) is 9.61. The summed E-state index contributed by atoms with van der Waals surface area (Å²) in [5, 5.41) is 33.0. The van der Waals surface area contributed by atoms with E-state index < -0.39 is 83.8 Å². The van der Waals surface area contributed by atoms with Crippen molar-refractivity contribution in [2.45, 2.75) is 69.2 Å². The minimum atomic E-state index is -5.84. The van der Waals surface area contributed by atoms with E-state index in [-0.39, 0.29) is 24.8 Å². The normalized spacial score (nSPS) is 22.7. The number of phosphoric acid groups is 3. The van der Waals surface area contributed by atoms with Gasteiger partial charge in [0.2, 0.25) is 12.1 Å². The Bertz CT molecular complexity index is 1360. The first-order valence-corrected chi connectivity index (χ1v) is 17.3. The molecule has 0 saturated carbocycles. The van der Waals surface area contributed by atoms with E-state index in [0.717, 1.165) is 10.6 Å². The molecule has 2 heterocycles. The molecule has 21 nitrogen and oxygen atoms in total. The molecule has 44 heavy (non-hydrogen) atoms. The molecular weight excluding hydrogens is 659 g/mol. The maximum Gasteiger partial charge on any atom is 0.490 e. The van der Waals surface area contributed by atoms with Crippen molar-refractivity contribution in [2.75, 3.05) is 13.2 Å². The number of rotatable bonds is 17. The monoisotopic (exact) mass is 693 g/mol. The lowest BCUT2D eigenvalue weighted by molar-refractivity contribution is -0.393. The number of carbonyl (C=O) groups is 1. The van der Waals surface area contributed by atoms with Crippen molar-refractivity contribution in [3.05, 3.63) is 27.9 Å². The van der Waals surface area contributed by atoms with Crippen molar-refractivity contribution in [2.24, 2.45) is 11.5 Å². The molecule has 0 aliphatic carbocycles. The molecule has 7 atom stereocenters.